The molecular formula is C27H28O8. The highest BCUT2D eigenvalue weighted by Gasteiger charge is 2.53. The zero-order chi connectivity index (χ0) is 25.4. The molecule has 0 radical (unpaired) electrons. The first kappa shape index (κ1) is 24.4. The van der Waals surface area contributed by atoms with E-state index in [2.05, 4.69) is 0 Å². The van der Waals surface area contributed by atoms with Crippen LogP contribution in [0.1, 0.15) is 90.6 Å². The van der Waals surface area contributed by atoms with Gasteiger partial charge in [0, 0.05) is 24.0 Å². The number of esters is 2. The fraction of sp³-hybridized carbons (Fsp3) is 0.407. The lowest BCUT2D eigenvalue weighted by atomic mass is 9.49. The Labute approximate surface area is 202 Å². The SMILES string of the molecule is CC12CC(C)(C1)c1cc(cc(C=O)c1O)OC(=O)CCCCCC(=O)Oc1cc(C=O)c(O)c2c1. The summed E-state index contributed by atoms with van der Waals surface area (Å²) in [4.78, 5) is 47.9. The van der Waals surface area contributed by atoms with Crippen molar-refractivity contribution in [2.45, 2.75) is 69.6 Å². The molecule has 0 saturated heterocycles. The number of phenols is 2. The van der Waals surface area contributed by atoms with Gasteiger partial charge in [0.25, 0.3) is 0 Å². The highest BCUT2D eigenvalue weighted by atomic mass is 16.5. The molecule has 0 unspecified atom stereocenters. The van der Waals surface area contributed by atoms with Crippen molar-refractivity contribution >= 4 is 24.5 Å². The lowest BCUT2D eigenvalue weighted by Gasteiger charge is -2.54. The predicted molar refractivity (Wildman–Crippen MR) is 125 cm³/mol. The maximum absolute atomic E-state index is 12.3. The summed E-state index contributed by atoms with van der Waals surface area (Å²) in [6.07, 6.45) is 3.80. The Morgan fingerprint density at radius 1 is 0.714 bits per heavy atom. The van der Waals surface area contributed by atoms with Crippen LogP contribution in [-0.2, 0) is 20.4 Å². The van der Waals surface area contributed by atoms with Crippen LogP contribution in [0.3, 0.4) is 0 Å². The number of aromatic hydroxyl groups is 2. The number of fused-ring (bicyclic) bond motifs is 8. The van der Waals surface area contributed by atoms with Crippen LogP contribution in [-0.4, -0.2) is 34.7 Å². The molecule has 2 heterocycles. The van der Waals surface area contributed by atoms with Crippen LogP contribution in [0.4, 0.5) is 0 Å². The molecule has 2 aliphatic heterocycles. The van der Waals surface area contributed by atoms with Crippen LogP contribution in [0, 0.1) is 0 Å². The van der Waals surface area contributed by atoms with Crippen LogP contribution in [0.5, 0.6) is 23.0 Å². The van der Waals surface area contributed by atoms with Crippen molar-refractivity contribution in [3.05, 3.63) is 46.5 Å². The highest BCUT2D eigenvalue weighted by molar-refractivity contribution is 5.84. The molecule has 184 valence electrons. The lowest BCUT2D eigenvalue weighted by molar-refractivity contribution is -0.134. The molecule has 0 spiro atoms. The van der Waals surface area contributed by atoms with Gasteiger partial charge in [0.05, 0.1) is 11.1 Å². The molecule has 8 heteroatoms. The van der Waals surface area contributed by atoms with Crippen molar-refractivity contribution in [1.29, 1.82) is 0 Å². The Morgan fingerprint density at radius 2 is 1.11 bits per heavy atom. The summed E-state index contributed by atoms with van der Waals surface area (Å²) in [5.74, 6) is -0.937. The van der Waals surface area contributed by atoms with Crippen LogP contribution >= 0.6 is 0 Å². The lowest BCUT2D eigenvalue weighted by Crippen LogP contribution is -2.49. The minimum Gasteiger partial charge on any atom is -0.507 e. The third kappa shape index (κ3) is 4.65. The second kappa shape index (κ2) is 9.17. The van der Waals surface area contributed by atoms with Crippen LogP contribution in [0.2, 0.25) is 0 Å². The third-order valence-corrected chi connectivity index (χ3v) is 7.07. The minimum absolute atomic E-state index is 0.0227. The van der Waals surface area contributed by atoms with Gasteiger partial charge in [-0.05, 0) is 60.8 Å². The smallest absolute Gasteiger partial charge is 0.311 e. The molecule has 2 aromatic rings. The van der Waals surface area contributed by atoms with Crippen LogP contribution < -0.4 is 9.47 Å². The maximum Gasteiger partial charge on any atom is 0.311 e. The van der Waals surface area contributed by atoms with E-state index in [9.17, 15) is 29.4 Å². The van der Waals surface area contributed by atoms with Crippen molar-refractivity contribution in [1.82, 2.24) is 0 Å². The third-order valence-electron chi connectivity index (χ3n) is 7.07. The van der Waals surface area contributed by atoms with Gasteiger partial charge < -0.3 is 19.7 Å². The second-order valence-corrected chi connectivity index (χ2v) is 10.0. The fourth-order valence-corrected chi connectivity index (χ4v) is 5.61. The van der Waals surface area contributed by atoms with E-state index < -0.39 is 22.8 Å². The topological polar surface area (TPSA) is 127 Å². The van der Waals surface area contributed by atoms with Gasteiger partial charge in [0.1, 0.15) is 23.0 Å². The van der Waals surface area contributed by atoms with Gasteiger partial charge in [0.15, 0.2) is 12.6 Å². The van der Waals surface area contributed by atoms with E-state index >= 15 is 0 Å². The van der Waals surface area contributed by atoms with Gasteiger partial charge in [-0.1, -0.05) is 20.3 Å². The van der Waals surface area contributed by atoms with E-state index in [-0.39, 0.29) is 47.0 Å². The maximum atomic E-state index is 12.3. The molecule has 1 saturated carbocycles. The van der Waals surface area contributed by atoms with Gasteiger partial charge in [-0.2, -0.15) is 0 Å². The highest BCUT2D eigenvalue weighted by Crippen LogP contribution is 2.60. The summed E-state index contributed by atoms with van der Waals surface area (Å²) in [7, 11) is 0. The van der Waals surface area contributed by atoms with Gasteiger partial charge in [-0.25, -0.2) is 0 Å². The average Bonchev–Trinajstić information content (AvgIpc) is 2.79. The van der Waals surface area contributed by atoms with Crippen molar-refractivity contribution in [2.24, 2.45) is 0 Å². The molecule has 2 aromatic carbocycles. The molecule has 0 aromatic heterocycles. The molecule has 2 N–H and O–H groups in total. The Hall–Kier alpha value is -3.68. The van der Waals surface area contributed by atoms with E-state index in [0.29, 0.717) is 55.8 Å². The summed E-state index contributed by atoms with van der Waals surface area (Å²) in [6, 6.07) is 5.84. The van der Waals surface area contributed by atoms with Gasteiger partial charge in [-0.15, -0.1) is 0 Å². The normalized spacial score (nSPS) is 24.7. The summed E-state index contributed by atoms with van der Waals surface area (Å²) in [5, 5.41) is 21.6. The molecule has 8 nitrogen and oxygen atoms in total. The first-order chi connectivity index (χ1) is 16.6. The zero-order valence-corrected chi connectivity index (χ0v) is 19.8. The van der Waals surface area contributed by atoms with Gasteiger partial charge in [-0.3, -0.25) is 19.2 Å². The largest absolute Gasteiger partial charge is 0.507 e. The number of phenolic OH excluding ortho intramolecular Hbond substituents is 2. The van der Waals surface area contributed by atoms with Gasteiger partial charge >= 0.3 is 11.9 Å². The quantitative estimate of drug-likeness (QED) is 0.365. The van der Waals surface area contributed by atoms with Crippen molar-refractivity contribution < 1.29 is 38.9 Å². The zero-order valence-electron chi connectivity index (χ0n) is 19.8. The van der Waals surface area contributed by atoms with E-state index in [1.54, 1.807) is 12.1 Å². The molecule has 3 aliphatic rings. The summed E-state index contributed by atoms with van der Waals surface area (Å²) < 4.78 is 10.9. The monoisotopic (exact) mass is 480 g/mol. The van der Waals surface area contributed by atoms with Crippen molar-refractivity contribution in [3.8, 4) is 23.0 Å². The van der Waals surface area contributed by atoms with Crippen LogP contribution in [0.15, 0.2) is 24.3 Å². The number of hydrogen-bond acceptors (Lipinski definition) is 8. The Morgan fingerprint density at radius 3 is 1.49 bits per heavy atom. The number of ether oxygens (including phenoxy) is 2. The number of hydrogen-bond donors (Lipinski definition) is 2. The number of carbonyl (C=O) groups excluding carboxylic acids is 4. The second-order valence-electron chi connectivity index (χ2n) is 10.0. The molecule has 35 heavy (non-hydrogen) atoms. The number of aldehydes is 2. The minimum atomic E-state index is -0.620. The van der Waals surface area contributed by atoms with E-state index in [4.69, 9.17) is 9.47 Å². The van der Waals surface area contributed by atoms with E-state index in [1.165, 1.54) is 12.1 Å². The first-order valence-corrected chi connectivity index (χ1v) is 11.7. The van der Waals surface area contributed by atoms with E-state index in [0.717, 1.165) is 0 Å². The predicted octanol–water partition coefficient (Wildman–Crippen LogP) is 4.51. The number of rotatable bonds is 2. The molecule has 0 amide bonds. The standard InChI is InChI=1S/C27H28O8/c1-26-14-27(2,15-26)21-11-19(9-17(13-29)25(21)33)35-23(31)7-5-3-4-6-22(30)34-18-8-16(12-28)24(32)20(26)10-18/h8-13,32-33H,3-7,14-15H2,1-2H3. The molecule has 0 atom stereocenters. The van der Waals surface area contributed by atoms with Crippen LogP contribution in [0.25, 0.3) is 0 Å². The molecular weight excluding hydrogens is 452 g/mol. The van der Waals surface area contributed by atoms with Crippen molar-refractivity contribution in [3.63, 3.8) is 0 Å². The Balaban J connectivity index is 1.79. The molecule has 6 bridgehead atoms. The first-order valence-electron chi connectivity index (χ1n) is 11.7. The molecule has 1 aliphatic carbocycles. The van der Waals surface area contributed by atoms with Crippen molar-refractivity contribution in [2.75, 3.05) is 0 Å². The van der Waals surface area contributed by atoms with E-state index in [1.807, 2.05) is 13.8 Å². The summed E-state index contributed by atoms with van der Waals surface area (Å²) in [5.41, 5.74) is -0.276. The van der Waals surface area contributed by atoms with Gasteiger partial charge in [0.2, 0.25) is 0 Å². The number of carbonyl (C=O) groups is 4. The summed E-state index contributed by atoms with van der Waals surface area (Å²) in [6.45, 7) is 3.81. The molecule has 1 fully saturated rings. The Kier molecular flexibility index (Phi) is 6.40. The summed E-state index contributed by atoms with van der Waals surface area (Å²) >= 11 is 0. The average molecular weight is 481 g/mol. The fourth-order valence-electron chi connectivity index (χ4n) is 5.61. The Bertz CT molecular complexity index is 1110. The molecule has 5 rings (SSSR count). The number of benzene rings is 2.